The highest BCUT2D eigenvalue weighted by Gasteiger charge is 2.11. The minimum Gasteiger partial charge on any atom is -0.486 e. The van der Waals surface area contributed by atoms with E-state index in [1.54, 1.807) is 12.1 Å². The van der Waals surface area contributed by atoms with Crippen molar-refractivity contribution < 1.29 is 13.2 Å². The van der Waals surface area contributed by atoms with Gasteiger partial charge in [-0.25, -0.2) is 8.42 Å². The molecule has 4 nitrogen and oxygen atoms in total. The fourth-order valence-corrected chi connectivity index (χ4v) is 1.98. The molecule has 0 unspecified atom stereocenters. The second-order valence-electron chi connectivity index (χ2n) is 3.41. The first-order valence-electron chi connectivity index (χ1n) is 4.50. The summed E-state index contributed by atoms with van der Waals surface area (Å²) in [7, 11) is -1.87. The van der Waals surface area contributed by atoms with Gasteiger partial charge in [0.05, 0.1) is 24.6 Å². The molecule has 1 rings (SSSR count). The van der Waals surface area contributed by atoms with Crippen LogP contribution in [-0.2, 0) is 14.8 Å². The Morgan fingerprint density at radius 2 is 2.06 bits per heavy atom. The third kappa shape index (κ3) is 3.46. The number of rotatable bonds is 3. The first-order chi connectivity index (χ1) is 7.33. The molecule has 0 radical (unpaired) electrons. The van der Waals surface area contributed by atoms with E-state index in [0.29, 0.717) is 11.3 Å². The van der Waals surface area contributed by atoms with Crippen LogP contribution in [0.5, 0.6) is 0 Å². The van der Waals surface area contributed by atoms with Gasteiger partial charge in [-0.3, -0.25) is 4.72 Å². The van der Waals surface area contributed by atoms with E-state index in [-0.39, 0.29) is 5.05 Å². The number of anilines is 1. The number of hydrogen-bond donors (Lipinski definition) is 1. The summed E-state index contributed by atoms with van der Waals surface area (Å²) >= 11 is 4.98. The molecule has 0 atom stereocenters. The van der Waals surface area contributed by atoms with E-state index in [2.05, 4.69) is 4.72 Å². The lowest BCUT2D eigenvalue weighted by Crippen LogP contribution is -2.13. The van der Waals surface area contributed by atoms with Gasteiger partial charge < -0.3 is 4.74 Å². The number of methoxy groups -OCH3 is 1. The molecule has 6 heteroatoms. The fraction of sp³-hybridized carbons (Fsp3) is 0.300. The summed E-state index contributed by atoms with van der Waals surface area (Å²) in [6, 6.07) is 5.28. The first kappa shape index (κ1) is 12.9. The Kier molecular flexibility index (Phi) is 3.88. The highest BCUT2D eigenvalue weighted by atomic mass is 32.2. The molecule has 16 heavy (non-hydrogen) atoms. The summed E-state index contributed by atoms with van der Waals surface area (Å²) in [5.41, 5.74) is 1.94. The van der Waals surface area contributed by atoms with Gasteiger partial charge in [-0.2, -0.15) is 0 Å². The van der Waals surface area contributed by atoms with E-state index in [0.717, 1.165) is 11.8 Å². The maximum atomic E-state index is 11.2. The lowest BCUT2D eigenvalue weighted by Gasteiger charge is -2.11. The third-order valence-electron chi connectivity index (χ3n) is 1.88. The van der Waals surface area contributed by atoms with E-state index < -0.39 is 10.0 Å². The maximum Gasteiger partial charge on any atom is 0.229 e. The number of thiocarbonyl (C=S) groups is 1. The van der Waals surface area contributed by atoms with Gasteiger partial charge in [-0.05, 0) is 36.8 Å². The molecule has 0 spiro atoms. The molecule has 0 heterocycles. The lowest BCUT2D eigenvalue weighted by molar-refractivity contribution is 0.416. The highest BCUT2D eigenvalue weighted by molar-refractivity contribution is 7.92. The van der Waals surface area contributed by atoms with Crippen LogP contribution in [0.1, 0.15) is 11.1 Å². The van der Waals surface area contributed by atoms with Crippen molar-refractivity contribution in [2.75, 3.05) is 18.1 Å². The molecule has 1 aromatic carbocycles. The normalized spacial score (nSPS) is 10.9. The van der Waals surface area contributed by atoms with Gasteiger partial charge in [-0.15, -0.1) is 0 Å². The number of nitrogens with one attached hydrogen (secondary N) is 1. The van der Waals surface area contributed by atoms with Crippen molar-refractivity contribution in [3.8, 4) is 0 Å². The van der Waals surface area contributed by atoms with Gasteiger partial charge >= 0.3 is 0 Å². The quantitative estimate of drug-likeness (QED) is 0.839. The zero-order valence-electron chi connectivity index (χ0n) is 9.27. The van der Waals surface area contributed by atoms with E-state index >= 15 is 0 Å². The zero-order chi connectivity index (χ0) is 12.3. The monoisotopic (exact) mass is 259 g/mol. The number of sulfonamides is 1. The number of aryl methyl sites for hydroxylation is 1. The Morgan fingerprint density at radius 1 is 1.44 bits per heavy atom. The minimum atomic E-state index is -3.32. The van der Waals surface area contributed by atoms with E-state index in [9.17, 15) is 8.42 Å². The van der Waals surface area contributed by atoms with Crippen molar-refractivity contribution in [1.82, 2.24) is 0 Å². The van der Waals surface area contributed by atoms with Gasteiger partial charge in [0, 0.05) is 0 Å². The van der Waals surface area contributed by atoms with Crippen LogP contribution >= 0.6 is 12.2 Å². The third-order valence-corrected chi connectivity index (χ3v) is 2.85. The number of hydrogen-bond acceptors (Lipinski definition) is 4. The molecule has 0 saturated carbocycles. The molecule has 88 valence electrons. The zero-order valence-corrected chi connectivity index (χ0v) is 10.9. The molecule has 0 fully saturated rings. The molecule has 0 bridgehead atoms. The summed E-state index contributed by atoms with van der Waals surface area (Å²) < 4.78 is 29.7. The molecule has 0 saturated heterocycles. The average molecular weight is 259 g/mol. The van der Waals surface area contributed by atoms with Crippen LogP contribution < -0.4 is 4.72 Å². The van der Waals surface area contributed by atoms with Crippen LogP contribution in [0.2, 0.25) is 0 Å². The Hall–Kier alpha value is -1.14. The lowest BCUT2D eigenvalue weighted by atomic mass is 10.1. The Labute approximate surface area is 101 Å². The Bertz CT molecular complexity index is 509. The van der Waals surface area contributed by atoms with Crippen LogP contribution in [-0.4, -0.2) is 26.8 Å². The topological polar surface area (TPSA) is 55.4 Å². The average Bonchev–Trinajstić information content (AvgIpc) is 2.14. The Balaban J connectivity index is 3.23. The summed E-state index contributed by atoms with van der Waals surface area (Å²) in [5, 5.41) is 0.256. The fourth-order valence-electron chi connectivity index (χ4n) is 1.23. The van der Waals surface area contributed by atoms with Gasteiger partial charge in [0.2, 0.25) is 10.0 Å². The van der Waals surface area contributed by atoms with Crippen molar-refractivity contribution in [2.45, 2.75) is 6.92 Å². The molecule has 0 aliphatic rings. The predicted octanol–water partition coefficient (Wildman–Crippen LogP) is 1.69. The number of ether oxygens (including phenoxy) is 1. The largest absolute Gasteiger partial charge is 0.486 e. The number of benzene rings is 1. The van der Waals surface area contributed by atoms with Crippen LogP contribution in [0.4, 0.5) is 5.69 Å². The second kappa shape index (κ2) is 4.80. The second-order valence-corrected chi connectivity index (χ2v) is 5.53. The molecule has 0 aliphatic carbocycles. The summed E-state index contributed by atoms with van der Waals surface area (Å²) in [6.45, 7) is 1.87. The highest BCUT2D eigenvalue weighted by Crippen LogP contribution is 2.20. The molecular formula is C10H13NO3S2. The van der Waals surface area contributed by atoms with Crippen molar-refractivity contribution in [3.05, 3.63) is 29.3 Å². The van der Waals surface area contributed by atoms with E-state index in [4.69, 9.17) is 17.0 Å². The molecule has 0 aliphatic heterocycles. The maximum absolute atomic E-state index is 11.2. The SMILES string of the molecule is COC(=S)c1ccc(C)cc1NS(C)(=O)=O. The van der Waals surface area contributed by atoms with Gasteiger partial charge in [0.15, 0.2) is 5.05 Å². The molecule has 1 N–H and O–H groups in total. The van der Waals surface area contributed by atoms with Gasteiger partial charge in [-0.1, -0.05) is 6.07 Å². The van der Waals surface area contributed by atoms with Crippen molar-refractivity contribution in [3.63, 3.8) is 0 Å². The van der Waals surface area contributed by atoms with Gasteiger partial charge in [0.1, 0.15) is 0 Å². The summed E-state index contributed by atoms with van der Waals surface area (Å²) in [5.74, 6) is 0. The standard InChI is InChI=1S/C10H13NO3S2/c1-7-4-5-8(10(15)14-2)9(6-7)11-16(3,12)13/h4-6,11H,1-3H3. The summed E-state index contributed by atoms with van der Waals surface area (Å²) in [6.07, 6.45) is 1.09. The van der Waals surface area contributed by atoms with Crippen molar-refractivity contribution >= 4 is 33.0 Å². The minimum absolute atomic E-state index is 0.256. The smallest absolute Gasteiger partial charge is 0.229 e. The van der Waals surface area contributed by atoms with Crippen LogP contribution in [0, 0.1) is 6.92 Å². The molecule has 1 aromatic rings. The van der Waals surface area contributed by atoms with Crippen LogP contribution in [0.3, 0.4) is 0 Å². The van der Waals surface area contributed by atoms with Crippen LogP contribution in [0.25, 0.3) is 0 Å². The molecule has 0 aromatic heterocycles. The van der Waals surface area contributed by atoms with E-state index in [1.165, 1.54) is 7.11 Å². The van der Waals surface area contributed by atoms with Crippen molar-refractivity contribution in [2.24, 2.45) is 0 Å². The van der Waals surface area contributed by atoms with Crippen LogP contribution in [0.15, 0.2) is 18.2 Å². The van der Waals surface area contributed by atoms with Gasteiger partial charge in [0.25, 0.3) is 0 Å². The molecular weight excluding hydrogens is 246 g/mol. The molecule has 0 amide bonds. The predicted molar refractivity (Wildman–Crippen MR) is 68.4 cm³/mol. The first-order valence-corrected chi connectivity index (χ1v) is 6.80. The Morgan fingerprint density at radius 3 is 2.56 bits per heavy atom. The van der Waals surface area contributed by atoms with Crippen molar-refractivity contribution in [1.29, 1.82) is 0 Å². The van der Waals surface area contributed by atoms with E-state index in [1.807, 2.05) is 13.0 Å². The summed E-state index contributed by atoms with van der Waals surface area (Å²) in [4.78, 5) is 0.